The number of aryl methyl sites for hydroxylation is 1. The van der Waals surface area contributed by atoms with Crippen LogP contribution in [0.5, 0.6) is 0 Å². The molecule has 3 aliphatic rings. The third-order valence-corrected chi connectivity index (χ3v) is 7.13. The Hall–Kier alpha value is -4.03. The number of anilines is 5. The molecule has 12 nitrogen and oxygen atoms in total. The third kappa shape index (κ3) is 4.79. The largest absolute Gasteiger partial charge is 0.378 e. The number of fused-ring (bicyclic) bond motifs is 1. The van der Waals surface area contributed by atoms with Gasteiger partial charge < -0.3 is 30.3 Å². The van der Waals surface area contributed by atoms with Gasteiger partial charge in [0.2, 0.25) is 11.9 Å². The summed E-state index contributed by atoms with van der Waals surface area (Å²) in [5, 5.41) is 3.10. The Morgan fingerprint density at radius 1 is 0.947 bits per heavy atom. The topological polar surface area (TPSA) is 135 Å². The molecule has 38 heavy (non-hydrogen) atoms. The van der Waals surface area contributed by atoms with E-state index >= 15 is 0 Å². The number of hydrogen-bond acceptors (Lipinski definition) is 10. The van der Waals surface area contributed by atoms with Gasteiger partial charge in [0, 0.05) is 67.6 Å². The van der Waals surface area contributed by atoms with Gasteiger partial charge in [-0.3, -0.25) is 4.90 Å². The molecule has 1 aromatic carbocycles. The van der Waals surface area contributed by atoms with Crippen LogP contribution in [-0.4, -0.2) is 85.1 Å². The number of nitrogens with zero attached hydrogens (tertiary/aromatic N) is 7. The fraction of sp³-hybridized carbons (Fsp3) is 0.423. The number of urea groups is 1. The second-order valence-electron chi connectivity index (χ2n) is 9.53. The van der Waals surface area contributed by atoms with Crippen molar-refractivity contribution in [3.63, 3.8) is 0 Å². The van der Waals surface area contributed by atoms with Gasteiger partial charge in [-0.2, -0.15) is 4.98 Å². The molecular formula is C26H31N9O3. The number of ether oxygens (including phenoxy) is 2. The zero-order chi connectivity index (χ0) is 26.1. The van der Waals surface area contributed by atoms with E-state index in [1.807, 2.05) is 19.1 Å². The van der Waals surface area contributed by atoms with E-state index < -0.39 is 0 Å². The lowest BCUT2D eigenvalue weighted by Gasteiger charge is -2.29. The van der Waals surface area contributed by atoms with Gasteiger partial charge in [0.05, 0.1) is 32.1 Å². The highest BCUT2D eigenvalue weighted by molar-refractivity contribution is 6.03. The van der Waals surface area contributed by atoms with E-state index in [0.29, 0.717) is 51.0 Å². The summed E-state index contributed by atoms with van der Waals surface area (Å²) in [7, 11) is 0. The molecule has 198 valence electrons. The number of nitrogen functional groups attached to an aromatic ring is 1. The van der Waals surface area contributed by atoms with Crippen molar-refractivity contribution in [2.75, 3.05) is 84.9 Å². The SMILES string of the molecule is Cc1cc(N2CCOCC2)ccc1NC(=O)N1CCc2c(-c3cnc(N)nc3)nc(N3CCOCC3)nc21. The maximum Gasteiger partial charge on any atom is 0.327 e. The second kappa shape index (κ2) is 10.4. The van der Waals surface area contributed by atoms with Crippen molar-refractivity contribution in [3.05, 3.63) is 41.7 Å². The molecule has 2 saturated heterocycles. The number of benzene rings is 1. The van der Waals surface area contributed by atoms with Crippen molar-refractivity contribution in [2.45, 2.75) is 13.3 Å². The lowest BCUT2D eigenvalue weighted by Crippen LogP contribution is -2.38. The number of morpholine rings is 2. The minimum atomic E-state index is -0.225. The normalized spacial score (nSPS) is 17.4. The summed E-state index contributed by atoms with van der Waals surface area (Å²) in [6, 6.07) is 5.89. The smallest absolute Gasteiger partial charge is 0.327 e. The number of hydrogen-bond donors (Lipinski definition) is 2. The number of amides is 2. The fourth-order valence-corrected chi connectivity index (χ4v) is 5.03. The highest BCUT2D eigenvalue weighted by Gasteiger charge is 2.32. The van der Waals surface area contributed by atoms with Crippen LogP contribution >= 0.6 is 0 Å². The lowest BCUT2D eigenvalue weighted by molar-refractivity contribution is 0.122. The predicted molar refractivity (Wildman–Crippen MR) is 145 cm³/mol. The highest BCUT2D eigenvalue weighted by atomic mass is 16.5. The van der Waals surface area contributed by atoms with Gasteiger partial charge >= 0.3 is 6.03 Å². The first kappa shape index (κ1) is 24.3. The monoisotopic (exact) mass is 517 g/mol. The van der Waals surface area contributed by atoms with Crippen molar-refractivity contribution >= 4 is 35.1 Å². The van der Waals surface area contributed by atoms with E-state index in [0.717, 1.165) is 60.1 Å². The van der Waals surface area contributed by atoms with Gasteiger partial charge in [-0.05, 0) is 37.1 Å². The molecule has 0 saturated carbocycles. The zero-order valence-corrected chi connectivity index (χ0v) is 21.4. The first-order valence-corrected chi connectivity index (χ1v) is 12.9. The van der Waals surface area contributed by atoms with Gasteiger partial charge in [-0.15, -0.1) is 0 Å². The summed E-state index contributed by atoms with van der Waals surface area (Å²) in [6.45, 7) is 8.25. The molecule has 3 N–H and O–H groups in total. The molecule has 3 aromatic rings. The molecule has 2 aromatic heterocycles. The molecule has 5 heterocycles. The number of carbonyl (C=O) groups is 1. The van der Waals surface area contributed by atoms with Crippen LogP contribution in [0.4, 0.5) is 33.9 Å². The van der Waals surface area contributed by atoms with E-state index in [4.69, 9.17) is 25.2 Å². The van der Waals surface area contributed by atoms with Crippen molar-refractivity contribution in [1.29, 1.82) is 0 Å². The molecule has 2 amide bonds. The maximum absolute atomic E-state index is 13.5. The molecule has 0 bridgehead atoms. The molecule has 12 heteroatoms. The van der Waals surface area contributed by atoms with Gasteiger partial charge in [0.15, 0.2) is 0 Å². The Morgan fingerprint density at radius 3 is 2.32 bits per heavy atom. The molecule has 0 atom stereocenters. The summed E-state index contributed by atoms with van der Waals surface area (Å²) in [4.78, 5) is 37.7. The third-order valence-electron chi connectivity index (χ3n) is 7.13. The molecule has 0 unspecified atom stereocenters. The van der Waals surface area contributed by atoms with Crippen molar-refractivity contribution in [3.8, 4) is 11.3 Å². The minimum Gasteiger partial charge on any atom is -0.378 e. The predicted octanol–water partition coefficient (Wildman–Crippen LogP) is 2.09. The average molecular weight is 518 g/mol. The molecule has 0 spiro atoms. The Kier molecular flexibility index (Phi) is 6.64. The van der Waals surface area contributed by atoms with Gasteiger partial charge in [-0.1, -0.05) is 0 Å². The van der Waals surface area contributed by atoms with Crippen LogP contribution in [0, 0.1) is 6.92 Å². The van der Waals surface area contributed by atoms with Crippen LogP contribution in [0.15, 0.2) is 30.6 Å². The number of rotatable bonds is 4. The van der Waals surface area contributed by atoms with E-state index in [1.54, 1.807) is 17.3 Å². The first-order chi connectivity index (χ1) is 18.6. The van der Waals surface area contributed by atoms with Crippen LogP contribution in [0.2, 0.25) is 0 Å². The van der Waals surface area contributed by atoms with Gasteiger partial charge in [0.1, 0.15) is 5.82 Å². The molecule has 0 radical (unpaired) electrons. The van der Waals surface area contributed by atoms with E-state index in [-0.39, 0.29) is 12.0 Å². The fourth-order valence-electron chi connectivity index (χ4n) is 5.03. The lowest BCUT2D eigenvalue weighted by atomic mass is 10.1. The number of carbonyl (C=O) groups excluding carboxylic acids is 1. The van der Waals surface area contributed by atoms with E-state index in [1.165, 1.54) is 0 Å². The number of nitrogens with one attached hydrogen (secondary N) is 1. The Balaban J connectivity index is 1.29. The average Bonchev–Trinajstić information content (AvgIpc) is 3.39. The summed E-state index contributed by atoms with van der Waals surface area (Å²) >= 11 is 0. The number of aromatic nitrogens is 4. The minimum absolute atomic E-state index is 0.198. The standard InChI is InChI=1S/C26H31N9O3/c1-17-14-19(33-6-10-37-11-7-33)2-3-21(17)30-26(36)35-5-4-20-22(18-15-28-24(27)29-16-18)31-25(32-23(20)35)34-8-12-38-13-9-34/h2-3,14-16H,4-13H2,1H3,(H,30,36)(H2,27,28,29). The van der Waals surface area contributed by atoms with Crippen LogP contribution in [-0.2, 0) is 15.9 Å². The summed E-state index contributed by atoms with van der Waals surface area (Å²) in [5.41, 5.74) is 11.0. The van der Waals surface area contributed by atoms with Crippen LogP contribution in [0.3, 0.4) is 0 Å². The van der Waals surface area contributed by atoms with Crippen molar-refractivity contribution in [1.82, 2.24) is 19.9 Å². The molecule has 2 fully saturated rings. The Bertz CT molecular complexity index is 1320. The molecular weight excluding hydrogens is 486 g/mol. The van der Waals surface area contributed by atoms with Crippen LogP contribution in [0.25, 0.3) is 11.3 Å². The molecule has 6 rings (SSSR count). The quantitative estimate of drug-likeness (QED) is 0.530. The van der Waals surface area contributed by atoms with Crippen molar-refractivity contribution < 1.29 is 14.3 Å². The summed E-state index contributed by atoms with van der Waals surface area (Å²) < 4.78 is 11.0. The van der Waals surface area contributed by atoms with E-state index in [2.05, 4.69) is 31.2 Å². The highest BCUT2D eigenvalue weighted by Crippen LogP contribution is 2.36. The van der Waals surface area contributed by atoms with E-state index in [9.17, 15) is 4.79 Å². The van der Waals surface area contributed by atoms with Crippen LogP contribution < -0.4 is 25.8 Å². The van der Waals surface area contributed by atoms with Crippen molar-refractivity contribution in [2.24, 2.45) is 0 Å². The summed E-state index contributed by atoms with van der Waals surface area (Å²) in [6.07, 6.45) is 3.95. The first-order valence-electron chi connectivity index (χ1n) is 12.9. The number of nitrogens with two attached hydrogens (primary N) is 1. The summed E-state index contributed by atoms with van der Waals surface area (Å²) in [5.74, 6) is 1.36. The maximum atomic E-state index is 13.5. The van der Waals surface area contributed by atoms with Gasteiger partial charge in [0.25, 0.3) is 0 Å². The van der Waals surface area contributed by atoms with Crippen LogP contribution in [0.1, 0.15) is 11.1 Å². The zero-order valence-electron chi connectivity index (χ0n) is 21.4. The Morgan fingerprint density at radius 2 is 1.63 bits per heavy atom. The molecule has 0 aliphatic carbocycles. The Labute approximate surface area is 220 Å². The van der Waals surface area contributed by atoms with Gasteiger partial charge in [-0.25, -0.2) is 19.7 Å². The molecule has 3 aliphatic heterocycles. The second-order valence-corrected chi connectivity index (χ2v) is 9.53.